The second kappa shape index (κ2) is 8.32. The minimum Gasteiger partial charge on any atom is -0.366 e. The maximum atomic E-state index is 11.2. The van der Waals surface area contributed by atoms with Crippen LogP contribution in [0.4, 0.5) is 0 Å². The fourth-order valence-corrected chi connectivity index (χ4v) is 2.71. The van der Waals surface area contributed by atoms with Crippen molar-refractivity contribution < 1.29 is 4.79 Å². The van der Waals surface area contributed by atoms with Crippen molar-refractivity contribution in [2.45, 2.75) is 70.6 Å². The van der Waals surface area contributed by atoms with Crippen LogP contribution >= 0.6 is 0 Å². The molecule has 1 aliphatic rings. The van der Waals surface area contributed by atoms with Crippen LogP contribution < -0.4 is 5.73 Å². The lowest BCUT2D eigenvalue weighted by molar-refractivity contribution is -0.115. The molecule has 17 heavy (non-hydrogen) atoms. The number of hydrogen-bond acceptors (Lipinski definition) is 1. The highest BCUT2D eigenvalue weighted by molar-refractivity contribution is 5.91. The maximum absolute atomic E-state index is 11.2. The van der Waals surface area contributed by atoms with E-state index in [9.17, 15) is 4.79 Å². The Morgan fingerprint density at radius 2 is 1.18 bits per heavy atom. The first-order chi connectivity index (χ1) is 8.22. The molecule has 1 amide bonds. The van der Waals surface area contributed by atoms with Gasteiger partial charge < -0.3 is 5.73 Å². The van der Waals surface area contributed by atoms with Gasteiger partial charge in [0.05, 0.1) is 0 Å². The summed E-state index contributed by atoms with van der Waals surface area (Å²) in [6.07, 6.45) is 14.1. The van der Waals surface area contributed by atoms with Crippen LogP contribution in [0.1, 0.15) is 70.6 Å². The molecular formula is C15H27NO. The van der Waals surface area contributed by atoms with Crippen molar-refractivity contribution in [3.05, 3.63) is 12.2 Å². The number of hydrogen-bond donors (Lipinski definition) is 1. The smallest absolute Gasteiger partial charge is 0.244 e. The third-order valence-electron chi connectivity index (χ3n) is 3.91. The Morgan fingerprint density at radius 3 is 1.53 bits per heavy atom. The van der Waals surface area contributed by atoms with E-state index in [1.807, 2.05) is 0 Å². The molecule has 0 aromatic carbocycles. The van der Waals surface area contributed by atoms with Gasteiger partial charge >= 0.3 is 0 Å². The Hall–Kier alpha value is -0.790. The van der Waals surface area contributed by atoms with Gasteiger partial charge in [-0.1, -0.05) is 64.4 Å². The van der Waals surface area contributed by atoms with Gasteiger partial charge in [-0.2, -0.15) is 0 Å². The molecule has 98 valence electrons. The van der Waals surface area contributed by atoms with Crippen LogP contribution in [0.3, 0.4) is 0 Å². The molecule has 0 atom stereocenters. The maximum Gasteiger partial charge on any atom is 0.244 e. The molecule has 0 aromatic heterocycles. The second-order valence-electron chi connectivity index (χ2n) is 5.35. The summed E-state index contributed by atoms with van der Waals surface area (Å²) in [7, 11) is 0. The summed E-state index contributed by atoms with van der Waals surface area (Å²) < 4.78 is 0. The third-order valence-corrected chi connectivity index (χ3v) is 3.91. The van der Waals surface area contributed by atoms with Crippen molar-refractivity contribution in [1.82, 2.24) is 0 Å². The van der Waals surface area contributed by atoms with Gasteiger partial charge in [-0.25, -0.2) is 0 Å². The van der Waals surface area contributed by atoms with Crippen molar-refractivity contribution >= 4 is 5.91 Å². The Balaban J connectivity index is 2.42. The van der Waals surface area contributed by atoms with Crippen LogP contribution in [-0.4, -0.2) is 5.91 Å². The molecule has 0 unspecified atom stereocenters. The SMILES string of the molecule is C=C(C(N)=O)C1CCCCCCCCCCC1. The minimum atomic E-state index is -0.304. The van der Waals surface area contributed by atoms with E-state index in [4.69, 9.17) is 5.73 Å². The summed E-state index contributed by atoms with van der Waals surface area (Å²) in [5, 5.41) is 0. The molecule has 0 aromatic rings. The zero-order valence-corrected chi connectivity index (χ0v) is 11.0. The lowest BCUT2D eigenvalue weighted by Crippen LogP contribution is -2.20. The van der Waals surface area contributed by atoms with E-state index < -0.39 is 0 Å². The minimum absolute atomic E-state index is 0.304. The van der Waals surface area contributed by atoms with E-state index >= 15 is 0 Å². The lowest BCUT2D eigenvalue weighted by Gasteiger charge is -2.18. The zero-order chi connectivity index (χ0) is 12.5. The highest BCUT2D eigenvalue weighted by Gasteiger charge is 2.16. The Labute approximate surface area is 106 Å². The molecule has 2 nitrogen and oxygen atoms in total. The molecule has 2 N–H and O–H groups in total. The number of carbonyl (C=O) groups excluding carboxylic acids is 1. The van der Waals surface area contributed by atoms with E-state index in [0.717, 1.165) is 12.8 Å². The molecule has 1 saturated carbocycles. The first-order valence-corrected chi connectivity index (χ1v) is 7.20. The normalized spacial score (nSPS) is 21.2. The quantitative estimate of drug-likeness (QED) is 0.726. The van der Waals surface area contributed by atoms with Crippen molar-refractivity contribution in [1.29, 1.82) is 0 Å². The van der Waals surface area contributed by atoms with Gasteiger partial charge in [0.2, 0.25) is 5.91 Å². The van der Waals surface area contributed by atoms with Crippen LogP contribution in [0, 0.1) is 5.92 Å². The molecule has 0 bridgehead atoms. The molecule has 0 aliphatic heterocycles. The van der Waals surface area contributed by atoms with Gasteiger partial charge in [-0.15, -0.1) is 0 Å². The van der Waals surface area contributed by atoms with Gasteiger partial charge in [0.15, 0.2) is 0 Å². The molecule has 0 heterocycles. The number of amides is 1. The summed E-state index contributed by atoms with van der Waals surface area (Å²) in [4.78, 5) is 11.2. The summed E-state index contributed by atoms with van der Waals surface area (Å²) in [6, 6.07) is 0. The standard InChI is InChI=1S/C15H27NO/c1-13(15(16)17)14-11-9-7-5-3-2-4-6-8-10-12-14/h14H,1-12H2,(H2,16,17). The van der Waals surface area contributed by atoms with Crippen LogP contribution in [0.15, 0.2) is 12.2 Å². The van der Waals surface area contributed by atoms with E-state index in [2.05, 4.69) is 6.58 Å². The number of rotatable bonds is 2. The zero-order valence-electron chi connectivity index (χ0n) is 11.0. The number of primary amides is 1. The first-order valence-electron chi connectivity index (χ1n) is 7.20. The van der Waals surface area contributed by atoms with Gasteiger partial charge in [-0.3, -0.25) is 4.79 Å². The predicted octanol–water partition coefficient (Wildman–Crippen LogP) is 3.95. The van der Waals surface area contributed by atoms with E-state index in [-0.39, 0.29) is 5.91 Å². The Bertz CT molecular complexity index is 235. The molecule has 2 heteroatoms. The average molecular weight is 237 g/mol. The van der Waals surface area contributed by atoms with Gasteiger partial charge in [0.1, 0.15) is 0 Å². The molecule has 0 saturated heterocycles. The molecule has 1 fully saturated rings. The Kier molecular flexibility index (Phi) is 6.99. The Morgan fingerprint density at radius 1 is 0.824 bits per heavy atom. The fraction of sp³-hybridized carbons (Fsp3) is 0.800. The molecular weight excluding hydrogens is 210 g/mol. The second-order valence-corrected chi connectivity index (χ2v) is 5.35. The van der Waals surface area contributed by atoms with Crippen molar-refractivity contribution in [2.75, 3.05) is 0 Å². The van der Waals surface area contributed by atoms with E-state index in [1.54, 1.807) is 0 Å². The van der Waals surface area contributed by atoms with Crippen LogP contribution in [0.25, 0.3) is 0 Å². The molecule has 1 rings (SSSR count). The monoisotopic (exact) mass is 237 g/mol. The summed E-state index contributed by atoms with van der Waals surface area (Å²) in [5.41, 5.74) is 6.00. The fourth-order valence-electron chi connectivity index (χ4n) is 2.71. The highest BCUT2D eigenvalue weighted by atomic mass is 16.1. The molecule has 0 radical (unpaired) electrons. The summed E-state index contributed by atoms with van der Waals surface area (Å²) in [5.74, 6) is 0.0361. The van der Waals surface area contributed by atoms with Gasteiger partial charge in [-0.05, 0) is 18.8 Å². The van der Waals surface area contributed by atoms with Crippen molar-refractivity contribution in [3.8, 4) is 0 Å². The summed E-state index contributed by atoms with van der Waals surface area (Å²) in [6.45, 7) is 3.87. The van der Waals surface area contributed by atoms with Gasteiger partial charge in [0.25, 0.3) is 0 Å². The van der Waals surface area contributed by atoms with E-state index in [0.29, 0.717) is 11.5 Å². The third kappa shape index (κ3) is 5.90. The first kappa shape index (κ1) is 14.3. The summed E-state index contributed by atoms with van der Waals surface area (Å²) >= 11 is 0. The van der Waals surface area contributed by atoms with Gasteiger partial charge in [0, 0.05) is 5.57 Å². The van der Waals surface area contributed by atoms with Crippen LogP contribution in [0.5, 0.6) is 0 Å². The molecule has 0 spiro atoms. The molecule has 1 aliphatic carbocycles. The topological polar surface area (TPSA) is 43.1 Å². The average Bonchev–Trinajstić information content (AvgIpc) is 2.29. The van der Waals surface area contributed by atoms with Crippen LogP contribution in [0.2, 0.25) is 0 Å². The van der Waals surface area contributed by atoms with Crippen molar-refractivity contribution in [3.63, 3.8) is 0 Å². The number of carbonyl (C=O) groups is 1. The lowest BCUT2D eigenvalue weighted by atomic mass is 9.87. The van der Waals surface area contributed by atoms with Crippen LogP contribution in [-0.2, 0) is 4.79 Å². The van der Waals surface area contributed by atoms with E-state index in [1.165, 1.54) is 57.8 Å². The predicted molar refractivity (Wildman–Crippen MR) is 72.6 cm³/mol. The van der Waals surface area contributed by atoms with Crippen molar-refractivity contribution in [2.24, 2.45) is 11.7 Å². The number of nitrogens with two attached hydrogens (primary N) is 1. The largest absolute Gasteiger partial charge is 0.366 e. The highest BCUT2D eigenvalue weighted by Crippen LogP contribution is 2.25.